The third-order valence-corrected chi connectivity index (χ3v) is 6.17. The Balaban J connectivity index is 1.47. The molecule has 5 heterocycles. The number of nitrogens with zero attached hydrogens (tertiary/aromatic N) is 6. The lowest BCUT2D eigenvalue weighted by molar-refractivity contribution is -0.122. The van der Waals surface area contributed by atoms with Crippen molar-refractivity contribution >= 4 is 40.6 Å². The fourth-order valence-corrected chi connectivity index (χ4v) is 4.25. The van der Waals surface area contributed by atoms with Crippen molar-refractivity contribution in [1.82, 2.24) is 29.8 Å². The number of aromatic amines is 1. The molecular weight excluding hydrogens is 436 g/mol. The minimum absolute atomic E-state index is 0.0562. The predicted molar refractivity (Wildman–Crippen MR) is 126 cm³/mol. The van der Waals surface area contributed by atoms with Crippen LogP contribution in [0.5, 0.6) is 0 Å². The van der Waals surface area contributed by atoms with Gasteiger partial charge in [-0.3, -0.25) is 14.7 Å². The van der Waals surface area contributed by atoms with Gasteiger partial charge < -0.3 is 21.7 Å². The Bertz CT molecular complexity index is 1380. The number of H-pyrrole nitrogens is 1. The molecule has 1 aliphatic rings. The van der Waals surface area contributed by atoms with Crippen LogP contribution in [0, 0.1) is 0 Å². The lowest BCUT2D eigenvalue weighted by Crippen LogP contribution is -2.49. The van der Waals surface area contributed by atoms with Crippen molar-refractivity contribution in [2.24, 2.45) is 5.73 Å². The van der Waals surface area contributed by atoms with Crippen LogP contribution in [0.2, 0.25) is 0 Å². The first-order valence-electron chi connectivity index (χ1n) is 10.8. The molecule has 0 saturated carbocycles. The minimum Gasteiger partial charge on any atom is -0.384 e. The highest BCUT2D eigenvalue weighted by molar-refractivity contribution is 5.93. The lowest BCUT2D eigenvalue weighted by atomic mass is 9.89. The maximum absolute atomic E-state index is 13.4. The summed E-state index contributed by atoms with van der Waals surface area (Å²) in [6.45, 7) is 2.57. The number of fused-ring (bicyclic) bond motifs is 1. The van der Waals surface area contributed by atoms with Crippen molar-refractivity contribution in [3.05, 3.63) is 54.0 Å². The van der Waals surface area contributed by atoms with E-state index in [9.17, 15) is 9.59 Å². The number of nitrogen functional groups attached to an aromatic ring is 1. The second-order valence-corrected chi connectivity index (χ2v) is 8.47. The van der Waals surface area contributed by atoms with Gasteiger partial charge in [-0.2, -0.15) is 10.1 Å². The molecule has 0 radical (unpaired) electrons. The standard InChI is InChI=1S/C22H24N10O2/c1-22(16(33)10-13-5-6-17(23)25-12-13)7-3-8-31(22)21-27-20(15-4-2-9-32(15)30-21)26-18-11-14(19(24)34)28-29-18/h2,4-6,9,11-12H,3,7-8,10H2,1H3,(H2,23,25)(H2,24,34)(H2,26,27,28,29,30)/t22-/m0/s1. The maximum Gasteiger partial charge on any atom is 0.266 e. The van der Waals surface area contributed by atoms with Crippen LogP contribution >= 0.6 is 0 Å². The number of carbonyl (C=O) groups excluding carboxylic acids is 2. The third kappa shape index (κ3) is 3.78. The quantitative estimate of drug-likeness (QED) is 0.318. The molecule has 174 valence electrons. The van der Waals surface area contributed by atoms with E-state index in [1.54, 1.807) is 23.0 Å². The fourth-order valence-electron chi connectivity index (χ4n) is 4.25. The van der Waals surface area contributed by atoms with E-state index in [2.05, 4.69) is 25.6 Å². The number of anilines is 4. The summed E-state index contributed by atoms with van der Waals surface area (Å²) >= 11 is 0. The smallest absolute Gasteiger partial charge is 0.266 e. The number of primary amides is 1. The first kappa shape index (κ1) is 21.4. The number of nitrogens with one attached hydrogen (secondary N) is 2. The van der Waals surface area contributed by atoms with E-state index >= 15 is 0 Å². The van der Waals surface area contributed by atoms with Crippen LogP contribution in [-0.4, -0.2) is 53.6 Å². The number of Topliss-reactive ketones (excluding diaryl/α,β-unsaturated/α-hetero) is 1. The molecule has 1 aliphatic heterocycles. The zero-order valence-corrected chi connectivity index (χ0v) is 18.5. The predicted octanol–water partition coefficient (Wildman–Crippen LogP) is 1.44. The average Bonchev–Trinajstić information content (AvgIpc) is 3.55. The van der Waals surface area contributed by atoms with Crippen molar-refractivity contribution in [3.63, 3.8) is 0 Å². The van der Waals surface area contributed by atoms with Crippen molar-refractivity contribution in [1.29, 1.82) is 0 Å². The zero-order chi connectivity index (χ0) is 23.9. The van der Waals surface area contributed by atoms with Gasteiger partial charge >= 0.3 is 0 Å². The molecular formula is C22H24N10O2. The van der Waals surface area contributed by atoms with Gasteiger partial charge in [-0.15, -0.1) is 5.10 Å². The molecule has 0 unspecified atom stereocenters. The Hall–Kier alpha value is -4.48. The third-order valence-electron chi connectivity index (χ3n) is 6.17. The normalized spacial score (nSPS) is 17.9. The molecule has 1 atom stereocenters. The molecule has 0 aliphatic carbocycles. The Morgan fingerprint density at radius 2 is 2.15 bits per heavy atom. The zero-order valence-electron chi connectivity index (χ0n) is 18.5. The maximum atomic E-state index is 13.4. The van der Waals surface area contributed by atoms with Crippen molar-refractivity contribution in [2.45, 2.75) is 31.7 Å². The van der Waals surface area contributed by atoms with Gasteiger partial charge in [0.15, 0.2) is 17.4 Å². The number of rotatable bonds is 7. The molecule has 0 spiro atoms. The topological polar surface area (TPSA) is 173 Å². The van der Waals surface area contributed by atoms with Gasteiger partial charge in [-0.1, -0.05) is 6.07 Å². The molecule has 6 N–H and O–H groups in total. The molecule has 0 aromatic carbocycles. The number of pyridine rings is 1. The second kappa shape index (κ2) is 8.14. The van der Waals surface area contributed by atoms with Crippen LogP contribution < -0.4 is 21.7 Å². The van der Waals surface area contributed by atoms with E-state index in [0.717, 1.165) is 12.0 Å². The molecule has 5 rings (SSSR count). The number of hydrogen-bond donors (Lipinski definition) is 4. The highest BCUT2D eigenvalue weighted by Crippen LogP contribution is 2.35. The number of carbonyl (C=O) groups is 2. The van der Waals surface area contributed by atoms with E-state index in [4.69, 9.17) is 16.5 Å². The molecule has 1 amide bonds. The molecule has 0 bridgehead atoms. The number of nitrogens with two attached hydrogens (primary N) is 2. The van der Waals surface area contributed by atoms with E-state index < -0.39 is 11.4 Å². The van der Waals surface area contributed by atoms with Gasteiger partial charge in [-0.05, 0) is 43.5 Å². The van der Waals surface area contributed by atoms with Gasteiger partial charge in [0.2, 0.25) is 5.95 Å². The van der Waals surface area contributed by atoms with Crippen LogP contribution in [-0.2, 0) is 11.2 Å². The first-order valence-corrected chi connectivity index (χ1v) is 10.8. The number of amides is 1. The molecule has 12 nitrogen and oxygen atoms in total. The van der Waals surface area contributed by atoms with Gasteiger partial charge in [0.25, 0.3) is 5.91 Å². The first-order chi connectivity index (χ1) is 16.3. The SMILES string of the molecule is C[C@@]1(C(=O)Cc2ccc(N)nc2)CCCN1c1nc(Nc2cc(C(N)=O)[nH]n2)c2cccn2n1. The summed E-state index contributed by atoms with van der Waals surface area (Å²) in [6.07, 6.45) is 5.19. The van der Waals surface area contributed by atoms with Crippen molar-refractivity contribution < 1.29 is 9.59 Å². The van der Waals surface area contributed by atoms with Gasteiger partial charge in [0.05, 0.1) is 5.54 Å². The number of aromatic nitrogens is 6. The summed E-state index contributed by atoms with van der Waals surface area (Å²) in [5.74, 6) is 1.15. The van der Waals surface area contributed by atoms with E-state index in [1.807, 2.05) is 30.0 Å². The second-order valence-electron chi connectivity index (χ2n) is 8.47. The summed E-state index contributed by atoms with van der Waals surface area (Å²) in [7, 11) is 0. The van der Waals surface area contributed by atoms with Crippen molar-refractivity contribution in [2.75, 3.05) is 22.5 Å². The van der Waals surface area contributed by atoms with Crippen LogP contribution in [0.4, 0.5) is 23.4 Å². The summed E-state index contributed by atoms with van der Waals surface area (Å²) in [5.41, 5.74) is 11.9. The Kier molecular flexibility index (Phi) is 5.11. The van der Waals surface area contributed by atoms with E-state index in [1.165, 1.54) is 6.07 Å². The van der Waals surface area contributed by atoms with Crippen LogP contribution in [0.3, 0.4) is 0 Å². The lowest BCUT2D eigenvalue weighted by Gasteiger charge is -2.34. The van der Waals surface area contributed by atoms with E-state index in [0.29, 0.717) is 41.9 Å². The van der Waals surface area contributed by atoms with Crippen LogP contribution in [0.1, 0.15) is 35.8 Å². The molecule has 12 heteroatoms. The highest BCUT2D eigenvalue weighted by Gasteiger charge is 2.44. The van der Waals surface area contributed by atoms with Gasteiger partial charge in [0, 0.05) is 31.4 Å². The van der Waals surface area contributed by atoms with Crippen molar-refractivity contribution in [3.8, 4) is 0 Å². The Labute approximate surface area is 194 Å². The largest absolute Gasteiger partial charge is 0.384 e. The Morgan fingerprint density at radius 3 is 2.88 bits per heavy atom. The van der Waals surface area contributed by atoms with Crippen LogP contribution in [0.25, 0.3) is 5.52 Å². The molecule has 4 aromatic rings. The van der Waals surface area contributed by atoms with Gasteiger partial charge in [-0.25, -0.2) is 9.50 Å². The Morgan fingerprint density at radius 1 is 1.29 bits per heavy atom. The highest BCUT2D eigenvalue weighted by atomic mass is 16.1. The summed E-state index contributed by atoms with van der Waals surface area (Å²) in [6, 6.07) is 8.72. The monoisotopic (exact) mass is 460 g/mol. The summed E-state index contributed by atoms with van der Waals surface area (Å²) in [4.78, 5) is 35.6. The van der Waals surface area contributed by atoms with E-state index in [-0.39, 0.29) is 17.9 Å². The molecule has 1 saturated heterocycles. The summed E-state index contributed by atoms with van der Waals surface area (Å²) < 4.78 is 1.69. The summed E-state index contributed by atoms with van der Waals surface area (Å²) in [5, 5.41) is 14.4. The molecule has 1 fully saturated rings. The van der Waals surface area contributed by atoms with Crippen LogP contribution in [0.15, 0.2) is 42.7 Å². The minimum atomic E-state index is -0.773. The molecule has 4 aromatic heterocycles. The number of hydrogen-bond acceptors (Lipinski definition) is 9. The number of ketones is 1. The average molecular weight is 461 g/mol. The van der Waals surface area contributed by atoms with Gasteiger partial charge in [0.1, 0.15) is 17.0 Å². The fraction of sp³-hybridized carbons (Fsp3) is 0.273. The molecule has 34 heavy (non-hydrogen) atoms.